The van der Waals surface area contributed by atoms with Crippen LogP contribution in [-0.2, 0) is 0 Å². The summed E-state index contributed by atoms with van der Waals surface area (Å²) in [7, 11) is 0. The highest BCUT2D eigenvalue weighted by atomic mass is 32.1. The molecular formula is C46H29NOS. The van der Waals surface area contributed by atoms with Crippen molar-refractivity contribution in [1.29, 1.82) is 0 Å². The molecule has 0 unspecified atom stereocenters. The van der Waals surface area contributed by atoms with Crippen LogP contribution in [0.1, 0.15) is 0 Å². The average molecular weight is 644 g/mol. The zero-order valence-electron chi connectivity index (χ0n) is 26.5. The van der Waals surface area contributed by atoms with Gasteiger partial charge in [-0.1, -0.05) is 127 Å². The molecule has 2 aromatic heterocycles. The minimum atomic E-state index is 0.873. The number of thiophene rings is 1. The second kappa shape index (κ2) is 11.2. The van der Waals surface area contributed by atoms with Gasteiger partial charge in [-0.2, -0.15) is 0 Å². The van der Waals surface area contributed by atoms with E-state index in [0.717, 1.165) is 44.6 Å². The van der Waals surface area contributed by atoms with Crippen molar-refractivity contribution in [3.8, 4) is 22.3 Å². The predicted octanol–water partition coefficient (Wildman–Crippen LogP) is 13.9. The van der Waals surface area contributed by atoms with Crippen molar-refractivity contribution in [2.75, 3.05) is 4.90 Å². The Hall–Kier alpha value is -6.16. The molecule has 3 heteroatoms. The lowest BCUT2D eigenvalue weighted by Crippen LogP contribution is -2.10. The Morgan fingerprint density at radius 3 is 2.02 bits per heavy atom. The maximum Gasteiger partial charge on any atom is 0.160 e. The Balaban J connectivity index is 1.24. The van der Waals surface area contributed by atoms with E-state index in [1.54, 1.807) is 0 Å². The Kier molecular flexibility index (Phi) is 6.39. The van der Waals surface area contributed by atoms with E-state index in [9.17, 15) is 0 Å². The zero-order valence-corrected chi connectivity index (χ0v) is 27.3. The molecule has 10 aromatic rings. The standard InChI is InChI=1S/C46H29NOS/c1-2-12-32(13-3-1)36-27-28-40(46-44(36)37-15-6-8-18-41(37)48-46)47(39-17-10-20-43-45(39)38-16-7-9-19-42(38)49-43)35-25-23-31(24-26-35)34-22-21-30-11-4-5-14-33(30)29-34/h1-29H. The Morgan fingerprint density at radius 1 is 0.429 bits per heavy atom. The number of hydrogen-bond donors (Lipinski definition) is 0. The molecule has 0 saturated heterocycles. The van der Waals surface area contributed by atoms with Crippen molar-refractivity contribution in [2.24, 2.45) is 0 Å². The van der Waals surface area contributed by atoms with Gasteiger partial charge in [-0.05, 0) is 81.6 Å². The first-order chi connectivity index (χ1) is 24.3. The highest BCUT2D eigenvalue weighted by Gasteiger charge is 2.24. The van der Waals surface area contributed by atoms with Crippen molar-refractivity contribution < 1.29 is 4.42 Å². The van der Waals surface area contributed by atoms with Gasteiger partial charge >= 0.3 is 0 Å². The third-order valence-electron chi connectivity index (χ3n) is 9.66. The fraction of sp³-hybridized carbons (Fsp3) is 0. The van der Waals surface area contributed by atoms with Gasteiger partial charge < -0.3 is 9.32 Å². The molecule has 49 heavy (non-hydrogen) atoms. The smallest absolute Gasteiger partial charge is 0.160 e. The molecule has 0 fully saturated rings. The molecule has 0 atom stereocenters. The van der Waals surface area contributed by atoms with Gasteiger partial charge in [0.05, 0.1) is 11.4 Å². The molecule has 230 valence electrons. The maximum absolute atomic E-state index is 6.85. The first-order valence-corrected chi connectivity index (χ1v) is 17.4. The van der Waals surface area contributed by atoms with Crippen LogP contribution in [-0.4, -0.2) is 0 Å². The van der Waals surface area contributed by atoms with E-state index in [1.165, 1.54) is 47.6 Å². The maximum atomic E-state index is 6.85. The number of nitrogens with zero attached hydrogens (tertiary/aromatic N) is 1. The van der Waals surface area contributed by atoms with Gasteiger partial charge in [-0.25, -0.2) is 0 Å². The van der Waals surface area contributed by atoms with Crippen LogP contribution >= 0.6 is 11.3 Å². The van der Waals surface area contributed by atoms with Crippen LogP contribution in [0.4, 0.5) is 17.1 Å². The van der Waals surface area contributed by atoms with Crippen LogP contribution in [0, 0.1) is 0 Å². The first kappa shape index (κ1) is 27.9. The fourth-order valence-corrected chi connectivity index (χ4v) is 8.50. The van der Waals surface area contributed by atoms with Crippen molar-refractivity contribution in [3.63, 3.8) is 0 Å². The van der Waals surface area contributed by atoms with Gasteiger partial charge in [0.2, 0.25) is 0 Å². The summed E-state index contributed by atoms with van der Waals surface area (Å²) in [6.45, 7) is 0. The van der Waals surface area contributed by atoms with Gasteiger partial charge in [0.15, 0.2) is 5.58 Å². The molecule has 2 nitrogen and oxygen atoms in total. The number of furan rings is 1. The van der Waals surface area contributed by atoms with Crippen LogP contribution in [0.25, 0.3) is 75.1 Å². The second-order valence-corrected chi connectivity index (χ2v) is 13.6. The van der Waals surface area contributed by atoms with E-state index in [1.807, 2.05) is 17.4 Å². The summed E-state index contributed by atoms with van der Waals surface area (Å²) in [5, 5.41) is 7.24. The summed E-state index contributed by atoms with van der Waals surface area (Å²) < 4.78 is 9.39. The van der Waals surface area contributed by atoms with Gasteiger partial charge in [0.25, 0.3) is 0 Å². The molecule has 10 rings (SSSR count). The van der Waals surface area contributed by atoms with Crippen LogP contribution < -0.4 is 4.90 Å². The third kappa shape index (κ3) is 4.55. The summed E-state index contributed by atoms with van der Waals surface area (Å²) >= 11 is 1.84. The Morgan fingerprint density at radius 2 is 1.14 bits per heavy atom. The van der Waals surface area contributed by atoms with Crippen LogP contribution in [0.2, 0.25) is 0 Å². The van der Waals surface area contributed by atoms with Crippen LogP contribution in [0.15, 0.2) is 180 Å². The van der Waals surface area contributed by atoms with Crippen LogP contribution in [0.3, 0.4) is 0 Å². The summed E-state index contributed by atoms with van der Waals surface area (Å²) in [4.78, 5) is 2.39. The molecule has 0 aliphatic carbocycles. The largest absolute Gasteiger partial charge is 0.454 e. The van der Waals surface area contributed by atoms with E-state index < -0.39 is 0 Å². The minimum Gasteiger partial charge on any atom is -0.454 e. The number of anilines is 3. The SMILES string of the molecule is c1ccc(-c2ccc(N(c3ccc(-c4ccc5ccccc5c4)cc3)c3cccc4sc5ccccc5c34)c3oc4ccccc4c23)cc1. The zero-order chi connectivity index (χ0) is 32.3. The molecule has 0 aliphatic rings. The van der Waals surface area contributed by atoms with Crippen molar-refractivity contribution in [1.82, 2.24) is 0 Å². The van der Waals surface area contributed by atoms with E-state index in [0.29, 0.717) is 0 Å². The van der Waals surface area contributed by atoms with E-state index in [2.05, 4.69) is 175 Å². The average Bonchev–Trinajstić information content (AvgIpc) is 3.75. The summed E-state index contributed by atoms with van der Waals surface area (Å²) in [6, 6.07) is 63.1. The monoisotopic (exact) mass is 643 g/mol. The molecular weight excluding hydrogens is 615 g/mol. The molecule has 0 saturated carbocycles. The minimum absolute atomic E-state index is 0.873. The summed E-state index contributed by atoms with van der Waals surface area (Å²) in [6.07, 6.45) is 0. The number of fused-ring (bicyclic) bond motifs is 7. The Labute approximate surface area is 287 Å². The lowest BCUT2D eigenvalue weighted by Gasteiger charge is -2.27. The lowest BCUT2D eigenvalue weighted by atomic mass is 9.97. The van der Waals surface area contributed by atoms with Crippen molar-refractivity contribution in [3.05, 3.63) is 176 Å². The normalized spacial score (nSPS) is 11.7. The first-order valence-electron chi connectivity index (χ1n) is 16.6. The van der Waals surface area contributed by atoms with E-state index in [-0.39, 0.29) is 0 Å². The molecule has 0 bridgehead atoms. The Bertz CT molecular complexity index is 2830. The quantitative estimate of drug-likeness (QED) is 0.186. The number of rotatable bonds is 5. The van der Waals surface area contributed by atoms with Gasteiger partial charge in [0.1, 0.15) is 5.58 Å². The molecule has 2 heterocycles. The molecule has 0 amide bonds. The topological polar surface area (TPSA) is 16.4 Å². The van der Waals surface area contributed by atoms with Gasteiger partial charge in [-0.3, -0.25) is 0 Å². The molecule has 0 radical (unpaired) electrons. The third-order valence-corrected chi connectivity index (χ3v) is 10.8. The number of benzene rings is 8. The molecule has 8 aromatic carbocycles. The van der Waals surface area contributed by atoms with Crippen LogP contribution in [0.5, 0.6) is 0 Å². The van der Waals surface area contributed by atoms with Crippen molar-refractivity contribution in [2.45, 2.75) is 0 Å². The van der Waals surface area contributed by atoms with Gasteiger partial charge in [0, 0.05) is 36.6 Å². The number of hydrogen-bond acceptors (Lipinski definition) is 3. The van der Waals surface area contributed by atoms with E-state index in [4.69, 9.17) is 4.42 Å². The van der Waals surface area contributed by atoms with Crippen molar-refractivity contribution >= 4 is 81.3 Å². The number of para-hydroxylation sites is 1. The highest BCUT2D eigenvalue weighted by molar-refractivity contribution is 7.26. The van der Waals surface area contributed by atoms with E-state index >= 15 is 0 Å². The summed E-state index contributed by atoms with van der Waals surface area (Å²) in [5.41, 5.74) is 9.68. The second-order valence-electron chi connectivity index (χ2n) is 12.5. The van der Waals surface area contributed by atoms with Gasteiger partial charge in [-0.15, -0.1) is 11.3 Å². The molecule has 0 spiro atoms. The fourth-order valence-electron chi connectivity index (χ4n) is 7.37. The lowest BCUT2D eigenvalue weighted by molar-refractivity contribution is 0.669. The summed E-state index contributed by atoms with van der Waals surface area (Å²) in [5.74, 6) is 0. The molecule has 0 aliphatic heterocycles. The highest BCUT2D eigenvalue weighted by Crippen LogP contribution is 2.49. The predicted molar refractivity (Wildman–Crippen MR) is 210 cm³/mol. The molecule has 0 N–H and O–H groups in total.